The van der Waals surface area contributed by atoms with Crippen molar-refractivity contribution in [1.29, 1.82) is 0 Å². The summed E-state index contributed by atoms with van der Waals surface area (Å²) in [5.41, 5.74) is 2.68. The van der Waals surface area contributed by atoms with Crippen molar-refractivity contribution in [3.63, 3.8) is 0 Å². The molecule has 4 rings (SSSR count). The zero-order chi connectivity index (χ0) is 15.1. The maximum Gasteiger partial charge on any atom is 0.153 e. The number of hydrogen-bond donors (Lipinski definition) is 0. The first kappa shape index (κ1) is 14.0. The summed E-state index contributed by atoms with van der Waals surface area (Å²) < 4.78 is 4.00. The van der Waals surface area contributed by atoms with Crippen molar-refractivity contribution in [1.82, 2.24) is 29.1 Å². The molecule has 0 aromatic carbocycles. The third-order valence-electron chi connectivity index (χ3n) is 5.13. The molecule has 0 amide bonds. The molecule has 1 unspecified atom stereocenters. The lowest BCUT2D eigenvalue weighted by atomic mass is 9.92. The van der Waals surface area contributed by atoms with Crippen LogP contribution in [0.4, 0.5) is 0 Å². The lowest BCUT2D eigenvalue weighted by Gasteiger charge is -2.39. The molecule has 0 saturated carbocycles. The molecule has 6 heteroatoms. The quantitative estimate of drug-likeness (QED) is 0.819. The molecule has 2 aliphatic rings. The fourth-order valence-corrected chi connectivity index (χ4v) is 3.67. The number of piperazine rings is 1. The second kappa shape index (κ2) is 5.52. The van der Waals surface area contributed by atoms with E-state index in [-0.39, 0.29) is 0 Å². The largest absolute Gasteiger partial charge is 0.319 e. The summed E-state index contributed by atoms with van der Waals surface area (Å²) in [6, 6.07) is 0.686. The topological polar surface area (TPSA) is 42.1 Å². The molecule has 0 spiro atoms. The number of aryl methyl sites for hydroxylation is 2. The van der Waals surface area contributed by atoms with Crippen LogP contribution in [0.1, 0.15) is 17.7 Å². The number of imidazole rings is 1. The van der Waals surface area contributed by atoms with Gasteiger partial charge in [-0.1, -0.05) is 0 Å². The van der Waals surface area contributed by atoms with E-state index in [0.29, 0.717) is 6.04 Å². The smallest absolute Gasteiger partial charge is 0.153 e. The van der Waals surface area contributed by atoms with Gasteiger partial charge in [-0.05, 0) is 31.9 Å². The Balaban J connectivity index is 1.52. The number of hydrogen-bond acceptors (Lipinski definition) is 4. The van der Waals surface area contributed by atoms with Crippen LogP contribution in [0.25, 0.3) is 5.82 Å². The minimum absolute atomic E-state index is 0.686. The lowest BCUT2D eigenvalue weighted by Crippen LogP contribution is -2.50. The van der Waals surface area contributed by atoms with Gasteiger partial charge in [0.1, 0.15) is 0 Å². The molecule has 6 nitrogen and oxygen atoms in total. The molecule has 0 bridgehead atoms. The van der Waals surface area contributed by atoms with Crippen LogP contribution in [0.5, 0.6) is 0 Å². The first-order valence-electron chi connectivity index (χ1n) is 8.17. The van der Waals surface area contributed by atoms with Crippen LogP contribution in [0.15, 0.2) is 18.7 Å². The van der Waals surface area contributed by atoms with Gasteiger partial charge < -0.3 is 9.47 Å². The number of aromatic nitrogens is 4. The Labute approximate surface area is 131 Å². The third kappa shape index (κ3) is 2.46. The Bertz CT molecular complexity index is 649. The number of fused-ring (bicyclic) bond motifs is 1. The molecule has 1 atom stereocenters. The van der Waals surface area contributed by atoms with Gasteiger partial charge in [0.2, 0.25) is 0 Å². The van der Waals surface area contributed by atoms with Gasteiger partial charge in [-0.2, -0.15) is 5.10 Å². The second-order valence-corrected chi connectivity index (χ2v) is 6.64. The van der Waals surface area contributed by atoms with Gasteiger partial charge in [0.25, 0.3) is 0 Å². The summed E-state index contributed by atoms with van der Waals surface area (Å²) in [4.78, 5) is 9.28. The highest BCUT2D eigenvalue weighted by Crippen LogP contribution is 2.25. The zero-order valence-corrected chi connectivity index (χ0v) is 13.4. The molecule has 3 heterocycles. The fraction of sp³-hybridized carbons (Fsp3) is 0.625. The van der Waals surface area contributed by atoms with E-state index in [0.717, 1.165) is 18.7 Å². The van der Waals surface area contributed by atoms with Crippen molar-refractivity contribution in [3.05, 3.63) is 30.0 Å². The molecular formula is C16H24N6. The highest BCUT2D eigenvalue weighted by Gasteiger charge is 2.28. The van der Waals surface area contributed by atoms with Crippen LogP contribution >= 0.6 is 0 Å². The molecule has 118 valence electrons. The lowest BCUT2D eigenvalue weighted by molar-refractivity contribution is 0.104. The van der Waals surface area contributed by atoms with Gasteiger partial charge in [-0.25, -0.2) is 9.67 Å². The van der Waals surface area contributed by atoms with Crippen LogP contribution in [0.2, 0.25) is 0 Å². The van der Waals surface area contributed by atoms with Gasteiger partial charge in [0.05, 0.1) is 18.2 Å². The Hall–Kier alpha value is -1.66. The van der Waals surface area contributed by atoms with E-state index in [1.165, 1.54) is 43.9 Å². The standard InChI is InChI=1S/C16H24N6/c1-19-5-7-21(8-6-19)14-3-4-15-13(9-14)11-22(18-15)16-10-17-12-20(16)2/h10-12,14H,3-9H2,1-2H3. The van der Waals surface area contributed by atoms with Crippen molar-refractivity contribution >= 4 is 0 Å². The highest BCUT2D eigenvalue weighted by atomic mass is 15.3. The van der Waals surface area contributed by atoms with E-state index in [4.69, 9.17) is 5.10 Å². The predicted octanol–water partition coefficient (Wildman–Crippen LogP) is 0.710. The molecule has 1 aliphatic carbocycles. The summed E-state index contributed by atoms with van der Waals surface area (Å²) in [5, 5.41) is 4.77. The van der Waals surface area contributed by atoms with Gasteiger partial charge in [-0.3, -0.25) is 4.90 Å². The van der Waals surface area contributed by atoms with Gasteiger partial charge in [-0.15, -0.1) is 0 Å². The summed E-state index contributed by atoms with van der Waals surface area (Å²) in [5.74, 6) is 1.03. The third-order valence-corrected chi connectivity index (χ3v) is 5.13. The van der Waals surface area contributed by atoms with Crippen molar-refractivity contribution in [2.24, 2.45) is 7.05 Å². The molecule has 2 aromatic rings. The molecule has 1 saturated heterocycles. The van der Waals surface area contributed by atoms with Crippen LogP contribution < -0.4 is 0 Å². The normalized spacial score (nSPS) is 23.6. The van der Waals surface area contributed by atoms with Gasteiger partial charge in [0.15, 0.2) is 5.82 Å². The average Bonchev–Trinajstić information content (AvgIpc) is 3.12. The Kier molecular flexibility index (Phi) is 3.50. The van der Waals surface area contributed by atoms with E-state index in [1.54, 1.807) is 0 Å². The molecule has 0 N–H and O–H groups in total. The SMILES string of the molecule is CN1CCN(C2CCc3nn(-c4cncn4C)cc3C2)CC1. The molecule has 2 aromatic heterocycles. The van der Waals surface area contributed by atoms with E-state index < -0.39 is 0 Å². The van der Waals surface area contributed by atoms with Gasteiger partial charge >= 0.3 is 0 Å². The summed E-state index contributed by atoms with van der Waals surface area (Å²) in [6.45, 7) is 4.79. The molecule has 1 aliphatic heterocycles. The van der Waals surface area contributed by atoms with E-state index >= 15 is 0 Å². The number of rotatable bonds is 2. The molecule has 22 heavy (non-hydrogen) atoms. The molecular weight excluding hydrogens is 276 g/mol. The minimum atomic E-state index is 0.686. The Morgan fingerprint density at radius 2 is 1.95 bits per heavy atom. The maximum atomic E-state index is 4.77. The monoisotopic (exact) mass is 300 g/mol. The van der Waals surface area contributed by atoms with Crippen molar-refractivity contribution in [2.45, 2.75) is 25.3 Å². The molecule has 1 fully saturated rings. The summed E-state index contributed by atoms with van der Waals surface area (Å²) in [7, 11) is 4.23. The minimum Gasteiger partial charge on any atom is -0.319 e. The highest BCUT2D eigenvalue weighted by molar-refractivity contribution is 5.28. The van der Waals surface area contributed by atoms with E-state index in [2.05, 4.69) is 28.0 Å². The van der Waals surface area contributed by atoms with Gasteiger partial charge in [0, 0.05) is 45.5 Å². The van der Waals surface area contributed by atoms with Crippen LogP contribution in [-0.4, -0.2) is 68.4 Å². The van der Waals surface area contributed by atoms with Crippen LogP contribution in [-0.2, 0) is 19.9 Å². The van der Waals surface area contributed by atoms with Crippen LogP contribution in [0, 0.1) is 0 Å². The first-order chi connectivity index (χ1) is 10.7. The maximum absolute atomic E-state index is 4.77. The summed E-state index contributed by atoms with van der Waals surface area (Å²) >= 11 is 0. The van der Waals surface area contributed by atoms with E-state index in [9.17, 15) is 0 Å². The van der Waals surface area contributed by atoms with Crippen molar-refractivity contribution < 1.29 is 0 Å². The Morgan fingerprint density at radius 3 is 2.68 bits per heavy atom. The second-order valence-electron chi connectivity index (χ2n) is 6.64. The van der Waals surface area contributed by atoms with Crippen molar-refractivity contribution in [2.75, 3.05) is 33.2 Å². The number of nitrogens with zero attached hydrogens (tertiary/aromatic N) is 6. The number of likely N-dealkylation sites (N-methyl/N-ethyl adjacent to an activating group) is 1. The molecule has 0 radical (unpaired) electrons. The average molecular weight is 300 g/mol. The predicted molar refractivity (Wildman–Crippen MR) is 85.2 cm³/mol. The fourth-order valence-electron chi connectivity index (χ4n) is 3.67. The zero-order valence-electron chi connectivity index (χ0n) is 13.4. The Morgan fingerprint density at radius 1 is 1.14 bits per heavy atom. The first-order valence-corrected chi connectivity index (χ1v) is 8.17. The van der Waals surface area contributed by atoms with Crippen LogP contribution in [0.3, 0.4) is 0 Å². The van der Waals surface area contributed by atoms with Crippen molar-refractivity contribution in [3.8, 4) is 5.82 Å². The van der Waals surface area contributed by atoms with E-state index in [1.807, 2.05) is 28.8 Å². The summed E-state index contributed by atoms with van der Waals surface area (Å²) in [6.07, 6.45) is 9.36.